The number of hydrogen-bond acceptors (Lipinski definition) is 2. The van der Waals surface area contributed by atoms with Gasteiger partial charge in [-0.3, -0.25) is 4.79 Å². The number of hydrogen-bond donors (Lipinski definition) is 1. The highest BCUT2D eigenvalue weighted by atomic mass is 16.2. The number of carbonyl (C=O) groups is 1. The molecule has 1 aromatic rings. The lowest BCUT2D eigenvalue weighted by atomic mass is 9.92. The van der Waals surface area contributed by atoms with Gasteiger partial charge in [0, 0.05) is 24.7 Å². The Balaban J connectivity index is 2.09. The Morgan fingerprint density at radius 2 is 2.28 bits per heavy atom. The van der Waals surface area contributed by atoms with Crippen LogP contribution in [0.4, 0.5) is 0 Å². The first-order chi connectivity index (χ1) is 8.58. The normalized spacial score (nSPS) is 21.7. The fourth-order valence-corrected chi connectivity index (χ4v) is 2.58. The Hall–Kier alpha value is -1.35. The zero-order chi connectivity index (χ0) is 13.1. The monoisotopic (exact) mass is 246 g/mol. The zero-order valence-electron chi connectivity index (χ0n) is 11.2. The fourth-order valence-electron chi connectivity index (χ4n) is 2.58. The van der Waals surface area contributed by atoms with Gasteiger partial charge < -0.3 is 10.6 Å². The molecule has 1 aliphatic heterocycles. The van der Waals surface area contributed by atoms with Crippen LogP contribution < -0.4 is 5.73 Å². The van der Waals surface area contributed by atoms with Crippen molar-refractivity contribution in [1.82, 2.24) is 4.90 Å². The van der Waals surface area contributed by atoms with Crippen molar-refractivity contribution >= 4 is 5.91 Å². The van der Waals surface area contributed by atoms with Gasteiger partial charge in [0.25, 0.3) is 5.91 Å². The first-order valence-electron chi connectivity index (χ1n) is 6.69. The number of amides is 1. The number of carbonyl (C=O) groups excluding carboxylic acids is 1. The van der Waals surface area contributed by atoms with E-state index in [9.17, 15) is 4.79 Å². The maximum atomic E-state index is 12.4. The van der Waals surface area contributed by atoms with E-state index in [1.165, 1.54) is 0 Å². The third kappa shape index (κ3) is 2.91. The van der Waals surface area contributed by atoms with Crippen molar-refractivity contribution in [2.24, 2.45) is 11.7 Å². The minimum absolute atomic E-state index is 0.143. The molecule has 1 fully saturated rings. The predicted molar refractivity (Wildman–Crippen MR) is 73.5 cm³/mol. The molecule has 2 N–H and O–H groups in total. The average molecular weight is 246 g/mol. The molecule has 1 saturated heterocycles. The highest BCUT2D eigenvalue weighted by Gasteiger charge is 2.26. The number of likely N-dealkylation sites (tertiary alicyclic amines) is 1. The Morgan fingerprint density at radius 1 is 1.50 bits per heavy atom. The van der Waals surface area contributed by atoms with Crippen molar-refractivity contribution in [2.45, 2.75) is 32.7 Å². The predicted octanol–water partition coefficient (Wildman–Crippen LogP) is 2.19. The molecule has 3 heteroatoms. The molecule has 0 saturated carbocycles. The van der Waals surface area contributed by atoms with E-state index in [4.69, 9.17) is 5.73 Å². The van der Waals surface area contributed by atoms with Crippen LogP contribution >= 0.6 is 0 Å². The lowest BCUT2D eigenvalue weighted by molar-refractivity contribution is 0.0661. The van der Waals surface area contributed by atoms with E-state index in [0.717, 1.165) is 37.1 Å². The van der Waals surface area contributed by atoms with Crippen molar-refractivity contribution in [2.75, 3.05) is 13.1 Å². The van der Waals surface area contributed by atoms with Crippen LogP contribution in [0.5, 0.6) is 0 Å². The SMILES string of the molecule is Cc1cccc(C(=O)N2CCCC(C(C)N)C2)c1. The Kier molecular flexibility index (Phi) is 4.02. The van der Waals surface area contributed by atoms with E-state index >= 15 is 0 Å². The van der Waals surface area contributed by atoms with E-state index < -0.39 is 0 Å². The van der Waals surface area contributed by atoms with Crippen molar-refractivity contribution < 1.29 is 4.79 Å². The second kappa shape index (κ2) is 5.53. The maximum Gasteiger partial charge on any atom is 0.253 e. The lowest BCUT2D eigenvalue weighted by Crippen LogP contribution is -2.45. The number of nitrogens with two attached hydrogens (primary N) is 1. The zero-order valence-corrected chi connectivity index (χ0v) is 11.2. The summed E-state index contributed by atoms with van der Waals surface area (Å²) in [7, 11) is 0. The fraction of sp³-hybridized carbons (Fsp3) is 0.533. The second-order valence-corrected chi connectivity index (χ2v) is 5.38. The molecule has 98 valence electrons. The van der Waals surface area contributed by atoms with Gasteiger partial charge in [-0.25, -0.2) is 0 Å². The van der Waals surface area contributed by atoms with Gasteiger partial charge in [-0.15, -0.1) is 0 Å². The summed E-state index contributed by atoms with van der Waals surface area (Å²) in [6.07, 6.45) is 2.19. The summed E-state index contributed by atoms with van der Waals surface area (Å²) < 4.78 is 0. The smallest absolute Gasteiger partial charge is 0.253 e. The number of aryl methyl sites for hydroxylation is 1. The molecule has 3 nitrogen and oxygen atoms in total. The summed E-state index contributed by atoms with van der Waals surface area (Å²) in [5.74, 6) is 0.580. The van der Waals surface area contributed by atoms with Gasteiger partial charge in [0.2, 0.25) is 0 Å². The lowest BCUT2D eigenvalue weighted by Gasteiger charge is -2.34. The molecule has 0 bridgehead atoms. The number of rotatable bonds is 2. The van der Waals surface area contributed by atoms with Crippen molar-refractivity contribution in [3.63, 3.8) is 0 Å². The molecular weight excluding hydrogens is 224 g/mol. The molecule has 18 heavy (non-hydrogen) atoms. The summed E-state index contributed by atoms with van der Waals surface area (Å²) in [4.78, 5) is 14.4. The van der Waals surface area contributed by atoms with Crippen LogP contribution in [0.3, 0.4) is 0 Å². The van der Waals surface area contributed by atoms with Crippen LogP contribution in [-0.4, -0.2) is 29.9 Å². The van der Waals surface area contributed by atoms with Crippen LogP contribution in [0.25, 0.3) is 0 Å². The van der Waals surface area contributed by atoms with Gasteiger partial charge in [-0.05, 0) is 44.7 Å². The van der Waals surface area contributed by atoms with Crippen molar-refractivity contribution in [3.8, 4) is 0 Å². The molecule has 0 aliphatic carbocycles. The first-order valence-corrected chi connectivity index (χ1v) is 6.69. The molecule has 0 spiro atoms. The van der Waals surface area contributed by atoms with Gasteiger partial charge >= 0.3 is 0 Å². The van der Waals surface area contributed by atoms with Crippen molar-refractivity contribution in [3.05, 3.63) is 35.4 Å². The number of piperidine rings is 1. The summed E-state index contributed by atoms with van der Waals surface area (Å²) in [5, 5.41) is 0. The largest absolute Gasteiger partial charge is 0.338 e. The molecule has 2 atom stereocenters. The standard InChI is InChI=1S/C15H22N2O/c1-11-5-3-6-13(9-11)15(18)17-8-4-7-14(10-17)12(2)16/h3,5-6,9,12,14H,4,7-8,10,16H2,1-2H3. The first kappa shape index (κ1) is 13.1. The average Bonchev–Trinajstić information content (AvgIpc) is 2.38. The maximum absolute atomic E-state index is 12.4. The number of nitrogens with zero attached hydrogens (tertiary/aromatic N) is 1. The molecular formula is C15H22N2O. The van der Waals surface area contributed by atoms with E-state index in [-0.39, 0.29) is 11.9 Å². The van der Waals surface area contributed by atoms with Crippen LogP contribution in [-0.2, 0) is 0 Å². The third-order valence-corrected chi connectivity index (χ3v) is 3.75. The Morgan fingerprint density at radius 3 is 2.94 bits per heavy atom. The third-order valence-electron chi connectivity index (χ3n) is 3.75. The van der Waals surface area contributed by atoms with E-state index in [2.05, 4.69) is 0 Å². The van der Waals surface area contributed by atoms with E-state index in [1.54, 1.807) is 0 Å². The molecule has 1 amide bonds. The molecule has 1 aromatic carbocycles. The minimum atomic E-state index is 0.143. The summed E-state index contributed by atoms with van der Waals surface area (Å²) in [6, 6.07) is 7.97. The highest BCUT2D eigenvalue weighted by Crippen LogP contribution is 2.20. The van der Waals surface area contributed by atoms with Gasteiger partial charge in [0.1, 0.15) is 0 Å². The Bertz CT molecular complexity index is 428. The van der Waals surface area contributed by atoms with Gasteiger partial charge in [-0.2, -0.15) is 0 Å². The van der Waals surface area contributed by atoms with E-state index in [0.29, 0.717) is 5.92 Å². The van der Waals surface area contributed by atoms with Crippen LogP contribution in [0.15, 0.2) is 24.3 Å². The molecule has 0 radical (unpaired) electrons. The van der Waals surface area contributed by atoms with Gasteiger partial charge in [-0.1, -0.05) is 17.7 Å². The molecule has 1 aliphatic rings. The van der Waals surface area contributed by atoms with E-state index in [1.807, 2.05) is 43.0 Å². The quantitative estimate of drug-likeness (QED) is 0.869. The second-order valence-electron chi connectivity index (χ2n) is 5.38. The summed E-state index contributed by atoms with van der Waals surface area (Å²) in [5.41, 5.74) is 7.87. The van der Waals surface area contributed by atoms with Crippen molar-refractivity contribution in [1.29, 1.82) is 0 Å². The number of benzene rings is 1. The van der Waals surface area contributed by atoms with Crippen LogP contribution in [0.2, 0.25) is 0 Å². The molecule has 0 aromatic heterocycles. The highest BCUT2D eigenvalue weighted by molar-refractivity contribution is 5.94. The molecule has 2 unspecified atom stereocenters. The topological polar surface area (TPSA) is 46.3 Å². The minimum Gasteiger partial charge on any atom is -0.338 e. The van der Waals surface area contributed by atoms with Crippen LogP contribution in [0, 0.1) is 12.8 Å². The summed E-state index contributed by atoms with van der Waals surface area (Å²) >= 11 is 0. The van der Waals surface area contributed by atoms with Crippen LogP contribution in [0.1, 0.15) is 35.7 Å². The summed E-state index contributed by atoms with van der Waals surface area (Å²) in [6.45, 7) is 5.70. The van der Waals surface area contributed by atoms with Gasteiger partial charge in [0.15, 0.2) is 0 Å². The van der Waals surface area contributed by atoms with Gasteiger partial charge in [0.05, 0.1) is 0 Å². The molecule has 1 heterocycles. The molecule has 2 rings (SSSR count). The Labute approximate surface area is 109 Å².